The zero-order chi connectivity index (χ0) is 2.71. The van der Waals surface area contributed by atoms with Crippen molar-refractivity contribution >= 4 is 16.0 Å². The van der Waals surface area contributed by atoms with E-state index in [9.17, 15) is 0 Å². The van der Waals surface area contributed by atoms with Gasteiger partial charge in [0.2, 0.25) is 0 Å². The third-order valence-electron chi connectivity index (χ3n) is 0. The second kappa shape index (κ2) is 9.45. The molecule has 1 nitrogen and oxygen atoms in total. The summed E-state index contributed by atoms with van der Waals surface area (Å²) in [6.45, 7) is 0. The number of nitrogens with zero attached hydrogens (tertiary/aromatic N) is 1. The Balaban J connectivity index is 0. The Bertz CT molecular complexity index is 29.5. The van der Waals surface area contributed by atoms with E-state index in [1.165, 1.54) is 0 Å². The molecule has 0 spiro atoms. The van der Waals surface area contributed by atoms with Gasteiger partial charge in [-0.05, 0) is 0 Å². The first kappa shape index (κ1) is 8.82. The maximum atomic E-state index is 7.29. The van der Waals surface area contributed by atoms with Crippen molar-refractivity contribution in [1.82, 2.24) is 0 Å². The van der Waals surface area contributed by atoms with Gasteiger partial charge in [0.05, 0.1) is 0 Å². The van der Waals surface area contributed by atoms with Crippen molar-refractivity contribution in [2.75, 3.05) is 0 Å². The molecule has 0 aliphatic carbocycles. The zero-order valence-corrected chi connectivity index (χ0v) is 5.24. The molecule has 0 aliphatic rings. The summed E-state index contributed by atoms with van der Waals surface area (Å²) in [6, 6.07) is 0. The van der Waals surface area contributed by atoms with Crippen LogP contribution in [0.2, 0.25) is 0 Å². The summed E-state index contributed by atoms with van der Waals surface area (Å²) in [5.41, 5.74) is 0. The summed E-state index contributed by atoms with van der Waals surface area (Å²) in [4.78, 5) is 1.69. The molecule has 25 valence electrons. The molecule has 4 heavy (non-hydrogen) atoms. The summed E-state index contributed by atoms with van der Waals surface area (Å²) in [5, 5.41) is 7.29. The molecule has 0 saturated heterocycles. The van der Waals surface area contributed by atoms with Gasteiger partial charge in [0.15, 0.2) is 0 Å². The summed E-state index contributed by atoms with van der Waals surface area (Å²) < 4.78 is 0. The molecule has 0 unspecified atom stereocenters. The van der Waals surface area contributed by atoms with Gasteiger partial charge in [0.25, 0.3) is 0 Å². The van der Waals surface area contributed by atoms with Crippen molar-refractivity contribution in [2.24, 2.45) is 0 Å². The first-order valence-corrected chi connectivity index (χ1v) is 1.39. The van der Waals surface area contributed by atoms with Gasteiger partial charge in [0.1, 0.15) is 0 Å². The van der Waals surface area contributed by atoms with Gasteiger partial charge in [-0.3, -0.25) is 0 Å². The Morgan fingerprint density at radius 1 is 1.75 bits per heavy atom. The monoisotopic (exact) mass is 210 g/mol. The van der Waals surface area contributed by atoms with E-state index >= 15 is 0 Å². The summed E-state index contributed by atoms with van der Waals surface area (Å²) in [5.74, 6) is 0. The second-order valence-corrected chi connectivity index (χ2v) is 0.520. The van der Waals surface area contributed by atoms with E-state index in [4.69, 9.17) is 5.26 Å². The largest absolute Gasteiger partial charge is 0 e. The molecule has 0 atom stereocenters. The smallest absolute Gasteiger partial charge is 0 e. The standard InChI is InChI=1S/CHNSe.Rh/c2-1-3;/h3H;. The zero-order valence-electron chi connectivity index (χ0n) is 1.73. The van der Waals surface area contributed by atoms with Crippen LogP contribution in [0.3, 0.4) is 0 Å². The van der Waals surface area contributed by atoms with Gasteiger partial charge in [-0.1, -0.05) is 0 Å². The van der Waals surface area contributed by atoms with Gasteiger partial charge >= 0.3 is 26.2 Å². The van der Waals surface area contributed by atoms with Crippen molar-refractivity contribution in [2.45, 2.75) is 0 Å². The number of rotatable bonds is 0. The SMILES string of the molecule is N#C[SeH].[Rh]. The molecular formula is CHNRhSe. The Hall–Kier alpha value is 0.633. The minimum absolute atomic E-state index is 0. The molecule has 0 saturated carbocycles. The predicted octanol–water partition coefficient (Wildman–Crippen LogP) is -0.634. The molecule has 0 N–H and O–H groups in total. The van der Waals surface area contributed by atoms with Crippen LogP contribution in [-0.2, 0) is 19.5 Å². The normalized spacial score (nSPS) is 2.00. The van der Waals surface area contributed by atoms with Crippen molar-refractivity contribution in [3.05, 3.63) is 0 Å². The Labute approximate surface area is 46.0 Å². The second-order valence-electron chi connectivity index (χ2n) is 0.100. The molecule has 0 aromatic carbocycles. The molecule has 1 radical (unpaired) electrons. The van der Waals surface area contributed by atoms with E-state index in [0.29, 0.717) is 0 Å². The average molecular weight is 209 g/mol. The van der Waals surface area contributed by atoms with Gasteiger partial charge in [-0.25, -0.2) is 0 Å². The molecule has 0 heterocycles. The number of hydrogen-bond acceptors (Lipinski definition) is 1. The first-order chi connectivity index (χ1) is 1.41. The number of hydrogen-bond donors (Lipinski definition) is 0. The summed E-state index contributed by atoms with van der Waals surface area (Å²) >= 11 is 1.77. The van der Waals surface area contributed by atoms with E-state index in [2.05, 4.69) is 0 Å². The molecule has 0 aromatic rings. The fraction of sp³-hybridized carbons (Fsp3) is 0. The van der Waals surface area contributed by atoms with Crippen LogP contribution in [0.25, 0.3) is 0 Å². The van der Waals surface area contributed by atoms with Gasteiger partial charge in [-0.2, -0.15) is 0 Å². The third kappa shape index (κ3) is 17.5. The van der Waals surface area contributed by atoms with Crippen LogP contribution in [0.4, 0.5) is 0 Å². The Kier molecular flexibility index (Phi) is 20.8. The van der Waals surface area contributed by atoms with Crippen LogP contribution in [0, 0.1) is 10.2 Å². The van der Waals surface area contributed by atoms with Crippen LogP contribution in [-0.4, -0.2) is 16.0 Å². The van der Waals surface area contributed by atoms with E-state index < -0.39 is 0 Å². The van der Waals surface area contributed by atoms with Crippen LogP contribution >= 0.6 is 0 Å². The van der Waals surface area contributed by atoms with Crippen molar-refractivity contribution < 1.29 is 19.5 Å². The molecule has 0 rings (SSSR count). The van der Waals surface area contributed by atoms with Crippen LogP contribution in [0.1, 0.15) is 0 Å². The van der Waals surface area contributed by atoms with E-state index in [1.807, 2.05) is 0 Å². The van der Waals surface area contributed by atoms with Crippen molar-refractivity contribution in [3.8, 4) is 4.97 Å². The number of nitriles is 1. The van der Waals surface area contributed by atoms with Crippen molar-refractivity contribution in [3.63, 3.8) is 0 Å². The fourth-order valence-electron chi connectivity index (χ4n) is 0. The van der Waals surface area contributed by atoms with E-state index in [1.54, 1.807) is 21.0 Å². The quantitative estimate of drug-likeness (QED) is 0.487. The summed E-state index contributed by atoms with van der Waals surface area (Å²) in [7, 11) is 0. The first-order valence-electron chi connectivity index (χ1n) is 0.447. The van der Waals surface area contributed by atoms with E-state index in [-0.39, 0.29) is 19.5 Å². The minimum Gasteiger partial charge on any atom is 0 e. The summed E-state index contributed by atoms with van der Waals surface area (Å²) in [6.07, 6.45) is 0. The molecule has 0 aliphatic heterocycles. The molecule has 0 bridgehead atoms. The van der Waals surface area contributed by atoms with Crippen LogP contribution in [0.5, 0.6) is 0 Å². The maximum Gasteiger partial charge on any atom is 0 e. The van der Waals surface area contributed by atoms with Crippen molar-refractivity contribution in [1.29, 1.82) is 5.26 Å². The van der Waals surface area contributed by atoms with Crippen LogP contribution in [0.15, 0.2) is 0 Å². The maximum absolute atomic E-state index is 7.29. The Morgan fingerprint density at radius 3 is 1.75 bits per heavy atom. The van der Waals surface area contributed by atoms with E-state index in [0.717, 1.165) is 0 Å². The van der Waals surface area contributed by atoms with Gasteiger partial charge in [0, 0.05) is 19.5 Å². The fourth-order valence-corrected chi connectivity index (χ4v) is 0. The minimum atomic E-state index is 0. The van der Waals surface area contributed by atoms with Crippen LogP contribution < -0.4 is 0 Å². The molecule has 3 heteroatoms. The molecule has 0 fully saturated rings. The topological polar surface area (TPSA) is 23.8 Å². The molecule has 0 amide bonds. The third-order valence-corrected chi connectivity index (χ3v) is 0. The molecular weight excluding hydrogens is 208 g/mol. The predicted molar refractivity (Wildman–Crippen MR) is 12.8 cm³/mol. The van der Waals surface area contributed by atoms with Gasteiger partial charge < -0.3 is 0 Å². The van der Waals surface area contributed by atoms with Gasteiger partial charge in [-0.15, -0.1) is 0 Å². The Morgan fingerprint density at radius 2 is 1.75 bits per heavy atom. The average Bonchev–Trinajstić information content (AvgIpc) is 0.918. The molecule has 0 aromatic heterocycles.